The third kappa shape index (κ3) is 2.03. The smallest absolute Gasteiger partial charge is 0.339 e. The Balaban J connectivity index is 3.14. The topological polar surface area (TPSA) is 76.2 Å². The summed E-state index contributed by atoms with van der Waals surface area (Å²) in [6, 6.07) is 4.47. The number of amidine groups is 1. The van der Waals surface area contributed by atoms with Gasteiger partial charge in [-0.3, -0.25) is 5.41 Å². The lowest BCUT2D eigenvalue weighted by molar-refractivity contribution is 0.0601. The molecule has 0 saturated carbocycles. The normalized spacial score (nSPS) is 9.57. The number of methoxy groups -OCH3 is 1. The maximum atomic E-state index is 11.1. The van der Waals surface area contributed by atoms with Gasteiger partial charge in [0.25, 0.3) is 0 Å². The Bertz CT molecular complexity index is 390. The number of halogens is 1. The molecule has 3 N–H and O–H groups in total. The number of esters is 1. The van der Waals surface area contributed by atoms with Crippen molar-refractivity contribution < 1.29 is 9.53 Å². The SMILES string of the molecule is COC(=O)c1ccc(C(=N)N)cc1Cl. The molecule has 0 spiro atoms. The number of carbonyl (C=O) groups excluding carboxylic acids is 1. The van der Waals surface area contributed by atoms with E-state index in [-0.39, 0.29) is 16.4 Å². The third-order valence-corrected chi connectivity index (χ3v) is 2.00. The van der Waals surface area contributed by atoms with Crippen LogP contribution in [0.2, 0.25) is 5.02 Å². The number of nitrogens with two attached hydrogens (primary N) is 1. The van der Waals surface area contributed by atoms with Crippen LogP contribution in [0, 0.1) is 5.41 Å². The van der Waals surface area contributed by atoms with Gasteiger partial charge in [0.15, 0.2) is 0 Å². The quantitative estimate of drug-likeness (QED) is 0.442. The molecule has 0 heterocycles. The van der Waals surface area contributed by atoms with E-state index in [1.165, 1.54) is 19.2 Å². The van der Waals surface area contributed by atoms with Crippen LogP contribution in [0.25, 0.3) is 0 Å². The number of nitrogen functional groups attached to an aromatic ring is 1. The van der Waals surface area contributed by atoms with E-state index in [9.17, 15) is 4.79 Å². The zero-order valence-electron chi connectivity index (χ0n) is 7.50. The molecule has 0 unspecified atom stereocenters. The Kier molecular flexibility index (Phi) is 3.09. The fraction of sp³-hybridized carbons (Fsp3) is 0.111. The van der Waals surface area contributed by atoms with Crippen LogP contribution in [0.3, 0.4) is 0 Å². The van der Waals surface area contributed by atoms with Crippen molar-refractivity contribution in [1.82, 2.24) is 0 Å². The first-order chi connectivity index (χ1) is 6.56. The molecule has 5 heteroatoms. The second-order valence-corrected chi connectivity index (χ2v) is 3.01. The van der Waals surface area contributed by atoms with Crippen molar-refractivity contribution in [2.75, 3.05) is 7.11 Å². The molecule has 0 aliphatic carbocycles. The van der Waals surface area contributed by atoms with E-state index in [4.69, 9.17) is 22.7 Å². The number of benzene rings is 1. The zero-order chi connectivity index (χ0) is 10.7. The molecule has 14 heavy (non-hydrogen) atoms. The molecule has 0 saturated heterocycles. The van der Waals surface area contributed by atoms with Gasteiger partial charge in [-0.2, -0.15) is 0 Å². The van der Waals surface area contributed by atoms with Gasteiger partial charge in [0.05, 0.1) is 17.7 Å². The highest BCUT2D eigenvalue weighted by Gasteiger charge is 2.11. The van der Waals surface area contributed by atoms with Gasteiger partial charge in [-0.25, -0.2) is 4.79 Å². The van der Waals surface area contributed by atoms with Crippen LogP contribution in [-0.4, -0.2) is 18.9 Å². The Morgan fingerprint density at radius 3 is 2.64 bits per heavy atom. The van der Waals surface area contributed by atoms with Crippen molar-refractivity contribution in [1.29, 1.82) is 5.41 Å². The number of ether oxygens (including phenoxy) is 1. The minimum Gasteiger partial charge on any atom is -0.465 e. The molecule has 74 valence electrons. The van der Waals surface area contributed by atoms with Crippen molar-refractivity contribution in [3.8, 4) is 0 Å². The van der Waals surface area contributed by atoms with Crippen LogP contribution in [0.1, 0.15) is 15.9 Å². The molecule has 0 atom stereocenters. The molecular weight excluding hydrogens is 204 g/mol. The van der Waals surface area contributed by atoms with Crippen LogP contribution in [0.5, 0.6) is 0 Å². The summed E-state index contributed by atoms with van der Waals surface area (Å²) >= 11 is 5.79. The van der Waals surface area contributed by atoms with Crippen LogP contribution < -0.4 is 5.73 Å². The highest BCUT2D eigenvalue weighted by atomic mass is 35.5. The lowest BCUT2D eigenvalue weighted by Crippen LogP contribution is -2.11. The molecule has 4 nitrogen and oxygen atoms in total. The largest absolute Gasteiger partial charge is 0.465 e. The third-order valence-electron chi connectivity index (χ3n) is 1.69. The van der Waals surface area contributed by atoms with E-state index in [0.717, 1.165) is 0 Å². The summed E-state index contributed by atoms with van der Waals surface area (Å²) in [4.78, 5) is 11.1. The van der Waals surface area contributed by atoms with Crippen LogP contribution in [0.15, 0.2) is 18.2 Å². The summed E-state index contributed by atoms with van der Waals surface area (Å²) in [6.45, 7) is 0. The van der Waals surface area contributed by atoms with Gasteiger partial charge >= 0.3 is 5.97 Å². The summed E-state index contributed by atoms with van der Waals surface area (Å²) in [5, 5.41) is 7.38. The molecule has 1 aromatic rings. The van der Waals surface area contributed by atoms with Gasteiger partial charge in [-0.15, -0.1) is 0 Å². The van der Waals surface area contributed by atoms with Gasteiger partial charge in [0.1, 0.15) is 5.84 Å². The fourth-order valence-corrected chi connectivity index (χ4v) is 1.22. The van der Waals surface area contributed by atoms with Crippen LogP contribution in [-0.2, 0) is 4.74 Å². The van der Waals surface area contributed by atoms with Gasteiger partial charge in [0, 0.05) is 5.56 Å². The summed E-state index contributed by atoms with van der Waals surface area (Å²) in [6.07, 6.45) is 0. The summed E-state index contributed by atoms with van der Waals surface area (Å²) in [5.74, 6) is -0.603. The number of rotatable bonds is 2. The van der Waals surface area contributed by atoms with E-state index in [1.807, 2.05) is 0 Å². The molecule has 0 radical (unpaired) electrons. The zero-order valence-corrected chi connectivity index (χ0v) is 8.26. The average molecular weight is 213 g/mol. The second kappa shape index (κ2) is 4.11. The van der Waals surface area contributed by atoms with Crippen molar-refractivity contribution >= 4 is 23.4 Å². The minimum absolute atomic E-state index is 0.0942. The predicted molar refractivity (Wildman–Crippen MR) is 53.8 cm³/mol. The van der Waals surface area contributed by atoms with E-state index in [2.05, 4.69) is 4.74 Å². The predicted octanol–water partition coefficient (Wildman–Crippen LogP) is 1.41. The number of hydrogen-bond acceptors (Lipinski definition) is 3. The first kappa shape index (κ1) is 10.5. The molecule has 0 fully saturated rings. The first-order valence-corrected chi connectivity index (χ1v) is 4.16. The van der Waals surface area contributed by atoms with E-state index >= 15 is 0 Å². The molecule has 0 aliphatic heterocycles. The molecule has 1 rings (SSSR count). The van der Waals surface area contributed by atoms with E-state index in [0.29, 0.717) is 5.56 Å². The monoisotopic (exact) mass is 212 g/mol. The number of nitrogens with one attached hydrogen (secondary N) is 1. The highest BCUT2D eigenvalue weighted by molar-refractivity contribution is 6.34. The fourth-order valence-electron chi connectivity index (χ4n) is 0.958. The minimum atomic E-state index is -0.509. The Hall–Kier alpha value is -1.55. The molecule has 1 aromatic carbocycles. The molecule has 0 aromatic heterocycles. The Labute approximate surface area is 86.1 Å². The molecule has 0 aliphatic rings. The molecule has 0 amide bonds. The van der Waals surface area contributed by atoms with Gasteiger partial charge in [0.2, 0.25) is 0 Å². The Morgan fingerprint density at radius 2 is 2.21 bits per heavy atom. The second-order valence-electron chi connectivity index (χ2n) is 2.60. The number of carbonyl (C=O) groups is 1. The van der Waals surface area contributed by atoms with Gasteiger partial charge in [-0.05, 0) is 12.1 Å². The lowest BCUT2D eigenvalue weighted by Gasteiger charge is -2.03. The van der Waals surface area contributed by atoms with Gasteiger partial charge < -0.3 is 10.5 Å². The van der Waals surface area contributed by atoms with Crippen LogP contribution in [0.4, 0.5) is 0 Å². The lowest BCUT2D eigenvalue weighted by atomic mass is 10.1. The van der Waals surface area contributed by atoms with Crippen molar-refractivity contribution in [2.45, 2.75) is 0 Å². The maximum Gasteiger partial charge on any atom is 0.339 e. The summed E-state index contributed by atoms with van der Waals surface area (Å²) in [5.41, 5.74) is 5.99. The van der Waals surface area contributed by atoms with Gasteiger partial charge in [-0.1, -0.05) is 17.7 Å². The standard InChI is InChI=1S/C9H9ClN2O2/c1-14-9(13)6-3-2-5(8(11)12)4-7(6)10/h2-4H,1H3,(H3,11,12). The summed E-state index contributed by atoms with van der Waals surface area (Å²) < 4.78 is 4.51. The molecule has 0 bridgehead atoms. The average Bonchev–Trinajstić information content (AvgIpc) is 2.16. The maximum absolute atomic E-state index is 11.1. The van der Waals surface area contributed by atoms with Crippen LogP contribution >= 0.6 is 11.6 Å². The highest BCUT2D eigenvalue weighted by Crippen LogP contribution is 2.18. The summed E-state index contributed by atoms with van der Waals surface area (Å²) in [7, 11) is 1.28. The molecular formula is C9H9ClN2O2. The van der Waals surface area contributed by atoms with E-state index < -0.39 is 5.97 Å². The first-order valence-electron chi connectivity index (χ1n) is 3.78. The Morgan fingerprint density at radius 1 is 1.57 bits per heavy atom. The van der Waals surface area contributed by atoms with Crippen molar-refractivity contribution in [3.63, 3.8) is 0 Å². The van der Waals surface area contributed by atoms with Crippen molar-refractivity contribution in [3.05, 3.63) is 34.3 Å². The number of hydrogen-bond donors (Lipinski definition) is 2. The van der Waals surface area contributed by atoms with E-state index in [1.54, 1.807) is 6.07 Å². The van der Waals surface area contributed by atoms with Crippen molar-refractivity contribution in [2.24, 2.45) is 5.73 Å².